The Labute approximate surface area is 101 Å². The predicted octanol–water partition coefficient (Wildman–Crippen LogP) is 3.69. The molecule has 0 aromatic heterocycles. The summed E-state index contributed by atoms with van der Waals surface area (Å²) in [7, 11) is -1.75. The molecular weight excluding hydrogens is 212 g/mol. The first-order valence-electron chi connectivity index (χ1n) is 6.19. The summed E-state index contributed by atoms with van der Waals surface area (Å²) in [4.78, 5) is 0. The van der Waals surface area contributed by atoms with Crippen molar-refractivity contribution >= 4 is 13.5 Å². The van der Waals surface area contributed by atoms with Gasteiger partial charge in [-0.15, -0.1) is 0 Å². The maximum absolute atomic E-state index is 6.45. The summed E-state index contributed by atoms with van der Waals surface area (Å²) in [6, 6.07) is 13.1. The van der Waals surface area contributed by atoms with E-state index >= 15 is 0 Å². The Bertz CT molecular complexity index is 309. The maximum atomic E-state index is 6.45. The van der Waals surface area contributed by atoms with Crippen LogP contribution in [0, 0.1) is 0 Å². The largest absolute Gasteiger partial charge is 0.408 e. The van der Waals surface area contributed by atoms with Gasteiger partial charge >= 0.3 is 0 Å². The van der Waals surface area contributed by atoms with Gasteiger partial charge in [-0.3, -0.25) is 0 Å². The van der Waals surface area contributed by atoms with E-state index in [0.29, 0.717) is 0 Å². The third-order valence-electron chi connectivity index (χ3n) is 2.94. The van der Waals surface area contributed by atoms with E-state index in [2.05, 4.69) is 65.0 Å². The lowest BCUT2D eigenvalue weighted by atomic mass is 10.2. The molecule has 0 aliphatic carbocycles. The first-order valence-corrected chi connectivity index (χ1v) is 8.51. The Morgan fingerprint density at radius 2 is 1.50 bits per heavy atom. The van der Waals surface area contributed by atoms with E-state index in [0.717, 1.165) is 12.1 Å². The highest BCUT2D eigenvalue weighted by Gasteiger charge is 2.37. The SMILES string of the molecule is CC[Si](CC)(OC(C)(C)C)c1ccccc1. The highest BCUT2D eigenvalue weighted by Crippen LogP contribution is 2.23. The average Bonchev–Trinajstić information content (AvgIpc) is 2.26. The molecule has 0 unspecified atom stereocenters. The molecule has 1 aromatic rings. The molecule has 0 spiro atoms. The quantitative estimate of drug-likeness (QED) is 0.724. The van der Waals surface area contributed by atoms with Crippen molar-refractivity contribution in [3.05, 3.63) is 30.3 Å². The monoisotopic (exact) mass is 236 g/mol. The molecule has 0 N–H and O–H groups in total. The molecule has 0 amide bonds. The Balaban J connectivity index is 3.06. The summed E-state index contributed by atoms with van der Waals surface area (Å²) in [5.41, 5.74) is -0.0475. The van der Waals surface area contributed by atoms with Gasteiger partial charge in [-0.05, 0) is 38.0 Å². The van der Waals surface area contributed by atoms with Gasteiger partial charge in [-0.1, -0.05) is 44.2 Å². The van der Waals surface area contributed by atoms with Crippen LogP contribution in [0.2, 0.25) is 12.1 Å². The van der Waals surface area contributed by atoms with Crippen molar-refractivity contribution in [1.82, 2.24) is 0 Å². The Hall–Kier alpha value is -0.603. The van der Waals surface area contributed by atoms with Crippen molar-refractivity contribution in [3.63, 3.8) is 0 Å². The Morgan fingerprint density at radius 3 is 1.88 bits per heavy atom. The predicted molar refractivity (Wildman–Crippen MR) is 73.6 cm³/mol. The van der Waals surface area contributed by atoms with Crippen LogP contribution >= 0.6 is 0 Å². The van der Waals surface area contributed by atoms with E-state index < -0.39 is 8.32 Å². The number of hydrogen-bond donors (Lipinski definition) is 0. The third-order valence-corrected chi connectivity index (χ3v) is 7.62. The summed E-state index contributed by atoms with van der Waals surface area (Å²) >= 11 is 0. The van der Waals surface area contributed by atoms with Crippen LogP contribution in [0.15, 0.2) is 30.3 Å². The van der Waals surface area contributed by atoms with Crippen LogP contribution in [-0.2, 0) is 4.43 Å². The number of hydrogen-bond acceptors (Lipinski definition) is 1. The highest BCUT2D eigenvalue weighted by molar-refractivity contribution is 6.86. The van der Waals surface area contributed by atoms with Crippen LogP contribution in [-0.4, -0.2) is 13.9 Å². The van der Waals surface area contributed by atoms with Gasteiger partial charge in [-0.25, -0.2) is 0 Å². The Kier molecular flexibility index (Phi) is 4.33. The summed E-state index contributed by atoms with van der Waals surface area (Å²) in [5, 5.41) is 1.43. The molecule has 0 aliphatic heterocycles. The second-order valence-electron chi connectivity index (χ2n) is 5.28. The molecular formula is C14H24OSi. The summed E-state index contributed by atoms with van der Waals surface area (Å²) < 4.78 is 6.45. The second-order valence-corrected chi connectivity index (χ2v) is 9.47. The van der Waals surface area contributed by atoms with Gasteiger partial charge in [0.2, 0.25) is 8.32 Å². The van der Waals surface area contributed by atoms with Crippen LogP contribution in [0.3, 0.4) is 0 Å². The molecule has 0 saturated heterocycles. The molecule has 0 radical (unpaired) electrons. The normalized spacial score (nSPS) is 12.8. The van der Waals surface area contributed by atoms with Crippen LogP contribution in [0.1, 0.15) is 34.6 Å². The van der Waals surface area contributed by atoms with Gasteiger partial charge in [-0.2, -0.15) is 0 Å². The zero-order valence-electron chi connectivity index (χ0n) is 11.2. The van der Waals surface area contributed by atoms with Crippen molar-refractivity contribution in [2.45, 2.75) is 52.3 Å². The minimum absolute atomic E-state index is 0.0475. The molecule has 1 aromatic carbocycles. The topological polar surface area (TPSA) is 9.23 Å². The number of benzene rings is 1. The van der Waals surface area contributed by atoms with Gasteiger partial charge in [0.1, 0.15) is 0 Å². The molecule has 0 aliphatic rings. The Morgan fingerprint density at radius 1 is 1.00 bits per heavy atom. The standard InChI is InChI=1S/C14H24OSi/c1-6-16(7-2,15-14(3,4)5)13-11-9-8-10-12-13/h8-12H,6-7H2,1-5H3. The zero-order valence-corrected chi connectivity index (χ0v) is 12.2. The van der Waals surface area contributed by atoms with Crippen molar-refractivity contribution in [2.75, 3.05) is 0 Å². The highest BCUT2D eigenvalue weighted by atomic mass is 28.4. The van der Waals surface area contributed by atoms with Gasteiger partial charge < -0.3 is 4.43 Å². The van der Waals surface area contributed by atoms with Crippen LogP contribution in [0.5, 0.6) is 0 Å². The molecule has 16 heavy (non-hydrogen) atoms. The molecule has 0 atom stereocenters. The van der Waals surface area contributed by atoms with E-state index in [1.807, 2.05) is 0 Å². The molecule has 0 fully saturated rings. The fourth-order valence-corrected chi connectivity index (χ4v) is 5.88. The molecule has 0 heterocycles. The fourth-order valence-electron chi connectivity index (χ4n) is 2.19. The van der Waals surface area contributed by atoms with Gasteiger partial charge in [0.15, 0.2) is 0 Å². The molecule has 90 valence electrons. The summed E-state index contributed by atoms with van der Waals surface area (Å²) in [6.45, 7) is 11.0. The summed E-state index contributed by atoms with van der Waals surface area (Å²) in [6.07, 6.45) is 0. The zero-order chi connectivity index (χ0) is 12.2. The van der Waals surface area contributed by atoms with Gasteiger partial charge in [0, 0.05) is 5.60 Å². The average molecular weight is 236 g/mol. The van der Waals surface area contributed by atoms with Crippen LogP contribution in [0.25, 0.3) is 0 Å². The van der Waals surface area contributed by atoms with E-state index in [-0.39, 0.29) is 5.60 Å². The van der Waals surface area contributed by atoms with Gasteiger partial charge in [0.25, 0.3) is 0 Å². The lowest BCUT2D eigenvalue weighted by Gasteiger charge is -2.37. The van der Waals surface area contributed by atoms with E-state index in [4.69, 9.17) is 4.43 Å². The molecule has 2 heteroatoms. The lowest BCUT2D eigenvalue weighted by Crippen LogP contribution is -2.53. The van der Waals surface area contributed by atoms with E-state index in [1.165, 1.54) is 5.19 Å². The second kappa shape index (κ2) is 5.15. The smallest absolute Gasteiger partial charge is 0.224 e. The van der Waals surface area contributed by atoms with Crippen molar-refractivity contribution in [1.29, 1.82) is 0 Å². The molecule has 0 saturated carbocycles. The maximum Gasteiger partial charge on any atom is 0.224 e. The molecule has 0 bridgehead atoms. The van der Waals surface area contributed by atoms with Crippen LogP contribution < -0.4 is 5.19 Å². The van der Waals surface area contributed by atoms with Crippen molar-refractivity contribution in [3.8, 4) is 0 Å². The van der Waals surface area contributed by atoms with E-state index in [9.17, 15) is 0 Å². The van der Waals surface area contributed by atoms with Crippen molar-refractivity contribution in [2.24, 2.45) is 0 Å². The minimum atomic E-state index is -1.75. The molecule has 1 rings (SSSR count). The lowest BCUT2D eigenvalue weighted by molar-refractivity contribution is 0.121. The minimum Gasteiger partial charge on any atom is -0.408 e. The number of rotatable bonds is 4. The van der Waals surface area contributed by atoms with Gasteiger partial charge in [0.05, 0.1) is 0 Å². The van der Waals surface area contributed by atoms with Crippen LogP contribution in [0.4, 0.5) is 0 Å². The third kappa shape index (κ3) is 3.19. The first kappa shape index (κ1) is 13.5. The first-order chi connectivity index (χ1) is 7.43. The van der Waals surface area contributed by atoms with E-state index in [1.54, 1.807) is 0 Å². The van der Waals surface area contributed by atoms with Crippen molar-refractivity contribution < 1.29 is 4.43 Å². The fraction of sp³-hybridized carbons (Fsp3) is 0.571. The summed E-state index contributed by atoms with van der Waals surface area (Å²) in [5.74, 6) is 0. The molecule has 1 nitrogen and oxygen atoms in total.